The zero-order valence-corrected chi connectivity index (χ0v) is 10.0. The number of hydrogen-bond acceptors (Lipinski definition) is 3. The van der Waals surface area contributed by atoms with Gasteiger partial charge in [-0.25, -0.2) is 0 Å². The van der Waals surface area contributed by atoms with Crippen LogP contribution in [0.15, 0.2) is 0 Å². The van der Waals surface area contributed by atoms with Gasteiger partial charge in [0.25, 0.3) is 0 Å². The highest BCUT2D eigenvalue weighted by Gasteiger charge is 2.07. The van der Waals surface area contributed by atoms with E-state index in [1.165, 1.54) is 0 Å². The Balaban J connectivity index is 3.54. The van der Waals surface area contributed by atoms with Crippen molar-refractivity contribution in [2.75, 3.05) is 26.9 Å². The van der Waals surface area contributed by atoms with E-state index in [2.05, 4.69) is 26.1 Å². The van der Waals surface area contributed by atoms with Crippen molar-refractivity contribution in [3.63, 3.8) is 0 Å². The van der Waals surface area contributed by atoms with Crippen molar-refractivity contribution in [2.24, 2.45) is 0 Å². The molecule has 0 aliphatic carbocycles. The lowest BCUT2D eigenvalue weighted by molar-refractivity contribution is 0.0576. The SMILES string of the molecule is CCNC(CCCOC)COC(C)C. The normalized spacial score (nSPS) is 13.5. The molecule has 0 aliphatic heterocycles. The standard InChI is InChI=1S/C11H25NO2/c1-5-12-11(7-6-8-13-4)9-14-10(2)3/h10-12H,5-9H2,1-4H3. The van der Waals surface area contributed by atoms with Gasteiger partial charge in [-0.2, -0.15) is 0 Å². The highest BCUT2D eigenvalue weighted by atomic mass is 16.5. The third kappa shape index (κ3) is 8.48. The minimum absolute atomic E-state index is 0.318. The molecule has 0 heterocycles. The summed E-state index contributed by atoms with van der Waals surface area (Å²) >= 11 is 0. The van der Waals surface area contributed by atoms with Gasteiger partial charge < -0.3 is 14.8 Å². The van der Waals surface area contributed by atoms with Crippen LogP contribution in [-0.2, 0) is 9.47 Å². The smallest absolute Gasteiger partial charge is 0.0623 e. The van der Waals surface area contributed by atoms with Crippen LogP contribution < -0.4 is 5.32 Å². The van der Waals surface area contributed by atoms with Crippen molar-refractivity contribution in [3.05, 3.63) is 0 Å². The van der Waals surface area contributed by atoms with Gasteiger partial charge in [0.15, 0.2) is 0 Å². The van der Waals surface area contributed by atoms with Crippen LogP contribution in [0.25, 0.3) is 0 Å². The third-order valence-corrected chi connectivity index (χ3v) is 2.02. The fourth-order valence-electron chi connectivity index (χ4n) is 1.32. The molecule has 0 aliphatic rings. The highest BCUT2D eigenvalue weighted by Crippen LogP contribution is 2.00. The molecule has 0 saturated heterocycles. The zero-order chi connectivity index (χ0) is 10.8. The average Bonchev–Trinajstić information content (AvgIpc) is 2.14. The van der Waals surface area contributed by atoms with Crippen LogP contribution in [0, 0.1) is 0 Å². The Morgan fingerprint density at radius 3 is 2.50 bits per heavy atom. The first-order valence-electron chi connectivity index (χ1n) is 5.54. The minimum atomic E-state index is 0.318. The second-order valence-electron chi connectivity index (χ2n) is 3.77. The third-order valence-electron chi connectivity index (χ3n) is 2.02. The fourth-order valence-corrected chi connectivity index (χ4v) is 1.32. The van der Waals surface area contributed by atoms with E-state index < -0.39 is 0 Å². The molecule has 1 unspecified atom stereocenters. The minimum Gasteiger partial charge on any atom is -0.385 e. The molecule has 0 fully saturated rings. The van der Waals surface area contributed by atoms with Gasteiger partial charge in [0.05, 0.1) is 12.7 Å². The summed E-state index contributed by atoms with van der Waals surface area (Å²) in [6, 6.07) is 0.470. The lowest BCUT2D eigenvalue weighted by Gasteiger charge is -2.19. The van der Waals surface area contributed by atoms with Crippen LogP contribution >= 0.6 is 0 Å². The Labute approximate surface area is 88.2 Å². The lowest BCUT2D eigenvalue weighted by Crippen LogP contribution is -2.34. The van der Waals surface area contributed by atoms with Gasteiger partial charge >= 0.3 is 0 Å². The molecule has 86 valence electrons. The van der Waals surface area contributed by atoms with Crippen LogP contribution in [0.4, 0.5) is 0 Å². The molecular weight excluding hydrogens is 178 g/mol. The van der Waals surface area contributed by atoms with Gasteiger partial charge in [0.1, 0.15) is 0 Å². The Hall–Kier alpha value is -0.120. The lowest BCUT2D eigenvalue weighted by atomic mass is 10.1. The van der Waals surface area contributed by atoms with Gasteiger partial charge in [0, 0.05) is 19.8 Å². The number of likely N-dealkylation sites (N-methyl/N-ethyl adjacent to an activating group) is 1. The van der Waals surface area contributed by atoms with E-state index in [4.69, 9.17) is 9.47 Å². The fraction of sp³-hybridized carbons (Fsp3) is 1.00. The molecule has 0 saturated carbocycles. The molecule has 0 radical (unpaired) electrons. The Morgan fingerprint density at radius 2 is 2.00 bits per heavy atom. The van der Waals surface area contributed by atoms with E-state index in [1.54, 1.807) is 7.11 Å². The Morgan fingerprint density at radius 1 is 1.29 bits per heavy atom. The van der Waals surface area contributed by atoms with E-state index in [1.807, 2.05) is 0 Å². The van der Waals surface area contributed by atoms with Crippen molar-refractivity contribution in [1.82, 2.24) is 5.32 Å². The van der Waals surface area contributed by atoms with E-state index >= 15 is 0 Å². The Bertz CT molecular complexity index is 118. The average molecular weight is 203 g/mol. The first-order valence-corrected chi connectivity index (χ1v) is 5.54. The van der Waals surface area contributed by atoms with Crippen LogP contribution in [0.2, 0.25) is 0 Å². The van der Waals surface area contributed by atoms with E-state index in [9.17, 15) is 0 Å². The van der Waals surface area contributed by atoms with Gasteiger partial charge in [-0.05, 0) is 33.2 Å². The first-order chi connectivity index (χ1) is 6.70. The van der Waals surface area contributed by atoms with Gasteiger partial charge in [-0.1, -0.05) is 6.92 Å². The van der Waals surface area contributed by atoms with Crippen LogP contribution in [-0.4, -0.2) is 39.0 Å². The maximum atomic E-state index is 5.58. The molecule has 0 aromatic carbocycles. The van der Waals surface area contributed by atoms with Gasteiger partial charge in [-0.15, -0.1) is 0 Å². The second kappa shape index (κ2) is 9.44. The summed E-state index contributed by atoms with van der Waals surface area (Å²) in [4.78, 5) is 0. The highest BCUT2D eigenvalue weighted by molar-refractivity contribution is 4.65. The summed E-state index contributed by atoms with van der Waals surface area (Å²) in [7, 11) is 1.74. The molecule has 3 heteroatoms. The van der Waals surface area contributed by atoms with Crippen molar-refractivity contribution in [1.29, 1.82) is 0 Å². The van der Waals surface area contributed by atoms with Gasteiger partial charge in [-0.3, -0.25) is 0 Å². The van der Waals surface area contributed by atoms with E-state index in [0.717, 1.165) is 32.6 Å². The van der Waals surface area contributed by atoms with Crippen LogP contribution in [0.5, 0.6) is 0 Å². The molecule has 1 N–H and O–H groups in total. The maximum absolute atomic E-state index is 5.58. The summed E-state index contributed by atoms with van der Waals surface area (Å²) in [5.41, 5.74) is 0. The molecule has 1 atom stereocenters. The van der Waals surface area contributed by atoms with E-state index in [-0.39, 0.29) is 0 Å². The molecule has 0 aromatic heterocycles. The summed E-state index contributed by atoms with van der Waals surface area (Å²) in [6.45, 7) is 8.90. The van der Waals surface area contributed by atoms with Crippen molar-refractivity contribution >= 4 is 0 Å². The van der Waals surface area contributed by atoms with Crippen LogP contribution in [0.1, 0.15) is 33.6 Å². The largest absolute Gasteiger partial charge is 0.385 e. The molecule has 3 nitrogen and oxygen atoms in total. The van der Waals surface area contributed by atoms with Crippen LogP contribution in [0.3, 0.4) is 0 Å². The molecule has 0 rings (SSSR count). The van der Waals surface area contributed by atoms with Crippen molar-refractivity contribution in [2.45, 2.75) is 45.8 Å². The molecule has 14 heavy (non-hydrogen) atoms. The maximum Gasteiger partial charge on any atom is 0.0623 e. The number of rotatable bonds is 9. The molecule has 0 bridgehead atoms. The van der Waals surface area contributed by atoms with Crippen molar-refractivity contribution in [3.8, 4) is 0 Å². The number of methoxy groups -OCH3 is 1. The number of hydrogen-bond donors (Lipinski definition) is 1. The molecular formula is C11H25NO2. The molecule has 0 spiro atoms. The summed E-state index contributed by atoms with van der Waals surface area (Å²) < 4.78 is 10.6. The zero-order valence-electron chi connectivity index (χ0n) is 10.0. The monoisotopic (exact) mass is 203 g/mol. The van der Waals surface area contributed by atoms with Crippen molar-refractivity contribution < 1.29 is 9.47 Å². The second-order valence-corrected chi connectivity index (χ2v) is 3.77. The summed E-state index contributed by atoms with van der Waals surface area (Å²) in [5, 5.41) is 3.42. The number of ether oxygens (including phenoxy) is 2. The van der Waals surface area contributed by atoms with E-state index in [0.29, 0.717) is 12.1 Å². The Kier molecular flexibility index (Phi) is 9.35. The first kappa shape index (κ1) is 13.9. The number of nitrogens with one attached hydrogen (secondary N) is 1. The summed E-state index contributed by atoms with van der Waals surface area (Å²) in [5.74, 6) is 0. The van der Waals surface area contributed by atoms with Gasteiger partial charge in [0.2, 0.25) is 0 Å². The molecule has 0 aromatic rings. The predicted molar refractivity (Wildman–Crippen MR) is 59.7 cm³/mol. The predicted octanol–water partition coefficient (Wildman–Crippen LogP) is 1.82. The topological polar surface area (TPSA) is 30.5 Å². The quantitative estimate of drug-likeness (QED) is 0.580. The summed E-state index contributed by atoms with van der Waals surface area (Å²) in [6.07, 6.45) is 2.53. The molecule has 0 amide bonds.